The largest absolute Gasteiger partial charge is 0.435 e. The van der Waals surface area contributed by atoms with Crippen LogP contribution in [0.4, 0.5) is 8.78 Å². The lowest BCUT2D eigenvalue weighted by atomic mass is 10.1. The van der Waals surface area contributed by atoms with Crippen molar-refractivity contribution in [3.63, 3.8) is 0 Å². The number of hydrogen-bond donors (Lipinski definition) is 2. The van der Waals surface area contributed by atoms with E-state index in [1.807, 2.05) is 0 Å². The second kappa shape index (κ2) is 9.23. The summed E-state index contributed by atoms with van der Waals surface area (Å²) in [5.74, 6) is 0.117. The number of halogens is 2. The standard InChI is InChI=1S/C14H19F2N3OS/c1-3-4-9-17-14(21)19-18-10(2)11-5-7-12(8-6-11)20-13(15)16/h5-8,13H,3-4,9H2,1-2H3,(H2,17,19,21)/b18-10+. The zero-order chi connectivity index (χ0) is 15.7. The number of alkyl halides is 2. The van der Waals surface area contributed by atoms with Crippen molar-refractivity contribution >= 4 is 23.0 Å². The van der Waals surface area contributed by atoms with Crippen LogP contribution in [0, 0.1) is 0 Å². The molecule has 1 aromatic rings. The van der Waals surface area contributed by atoms with Gasteiger partial charge in [0.1, 0.15) is 5.75 Å². The first kappa shape index (κ1) is 17.3. The minimum absolute atomic E-state index is 0.117. The average molecular weight is 315 g/mol. The first-order chi connectivity index (χ1) is 10.0. The van der Waals surface area contributed by atoms with E-state index in [1.54, 1.807) is 19.1 Å². The SMILES string of the molecule is CCCCNC(=S)N/N=C(\C)c1ccc(OC(F)F)cc1. The van der Waals surface area contributed by atoms with E-state index in [4.69, 9.17) is 12.2 Å². The Bertz CT molecular complexity index is 478. The molecule has 0 aliphatic carbocycles. The molecule has 0 atom stereocenters. The third-order valence-electron chi connectivity index (χ3n) is 2.64. The molecule has 0 aliphatic rings. The van der Waals surface area contributed by atoms with Crippen molar-refractivity contribution in [2.45, 2.75) is 33.3 Å². The molecule has 0 aromatic heterocycles. The number of nitrogens with one attached hydrogen (secondary N) is 2. The average Bonchev–Trinajstić information content (AvgIpc) is 2.45. The van der Waals surface area contributed by atoms with Crippen LogP contribution in [0.1, 0.15) is 32.3 Å². The lowest BCUT2D eigenvalue weighted by molar-refractivity contribution is -0.0498. The van der Waals surface area contributed by atoms with Gasteiger partial charge in [-0.15, -0.1) is 0 Å². The molecule has 0 saturated carbocycles. The molecule has 0 unspecified atom stereocenters. The number of rotatable bonds is 7. The van der Waals surface area contributed by atoms with Gasteiger partial charge in [0.2, 0.25) is 0 Å². The predicted molar refractivity (Wildman–Crippen MR) is 83.9 cm³/mol. The monoisotopic (exact) mass is 315 g/mol. The molecule has 21 heavy (non-hydrogen) atoms. The van der Waals surface area contributed by atoms with Crippen molar-refractivity contribution < 1.29 is 13.5 Å². The number of nitrogens with zero attached hydrogens (tertiary/aromatic N) is 1. The molecule has 1 aromatic carbocycles. The number of thiocarbonyl (C=S) groups is 1. The van der Waals surface area contributed by atoms with Gasteiger partial charge in [-0.05, 0) is 55.4 Å². The minimum atomic E-state index is -2.82. The molecule has 0 saturated heterocycles. The molecule has 7 heteroatoms. The van der Waals surface area contributed by atoms with Gasteiger partial charge in [-0.25, -0.2) is 0 Å². The number of benzene rings is 1. The van der Waals surface area contributed by atoms with Gasteiger partial charge in [-0.2, -0.15) is 13.9 Å². The minimum Gasteiger partial charge on any atom is -0.435 e. The maximum absolute atomic E-state index is 12.0. The summed E-state index contributed by atoms with van der Waals surface area (Å²) in [4.78, 5) is 0. The first-order valence-corrected chi connectivity index (χ1v) is 7.07. The molecule has 0 bridgehead atoms. The molecule has 116 valence electrons. The third kappa shape index (κ3) is 6.99. The van der Waals surface area contributed by atoms with E-state index in [-0.39, 0.29) is 5.75 Å². The molecule has 4 nitrogen and oxygen atoms in total. The molecule has 0 heterocycles. The molecule has 0 aliphatic heterocycles. The summed E-state index contributed by atoms with van der Waals surface area (Å²) in [5, 5.41) is 7.63. The molecular formula is C14H19F2N3OS. The van der Waals surface area contributed by atoms with Gasteiger partial charge >= 0.3 is 6.61 Å². The Morgan fingerprint density at radius 1 is 1.33 bits per heavy atom. The van der Waals surface area contributed by atoms with Crippen LogP contribution in [-0.2, 0) is 0 Å². The quantitative estimate of drug-likeness (QED) is 0.351. The zero-order valence-electron chi connectivity index (χ0n) is 12.0. The van der Waals surface area contributed by atoms with Crippen LogP contribution >= 0.6 is 12.2 Å². The molecule has 0 fully saturated rings. The Balaban J connectivity index is 2.51. The highest BCUT2D eigenvalue weighted by Gasteiger charge is 2.04. The number of ether oxygens (including phenoxy) is 1. The van der Waals surface area contributed by atoms with Gasteiger partial charge in [0.15, 0.2) is 5.11 Å². The summed E-state index contributed by atoms with van der Waals surface area (Å²) in [7, 11) is 0. The summed E-state index contributed by atoms with van der Waals surface area (Å²) in [6, 6.07) is 6.26. The molecule has 0 radical (unpaired) electrons. The lowest BCUT2D eigenvalue weighted by Crippen LogP contribution is -2.33. The summed E-state index contributed by atoms with van der Waals surface area (Å²) in [6.45, 7) is 1.88. The fourth-order valence-electron chi connectivity index (χ4n) is 1.49. The smallest absolute Gasteiger partial charge is 0.387 e. The zero-order valence-corrected chi connectivity index (χ0v) is 12.8. The van der Waals surface area contributed by atoms with Crippen molar-refractivity contribution in [3.8, 4) is 5.75 Å². The summed E-state index contributed by atoms with van der Waals surface area (Å²) < 4.78 is 28.4. The van der Waals surface area contributed by atoms with Crippen molar-refractivity contribution in [1.82, 2.24) is 10.7 Å². The molecule has 2 N–H and O–H groups in total. The molecule has 0 amide bonds. The fraction of sp³-hybridized carbons (Fsp3) is 0.429. The topological polar surface area (TPSA) is 45.7 Å². The number of unbranched alkanes of at least 4 members (excludes halogenated alkanes) is 1. The van der Waals surface area contributed by atoms with Gasteiger partial charge in [-0.1, -0.05) is 13.3 Å². The highest BCUT2D eigenvalue weighted by atomic mass is 32.1. The van der Waals surface area contributed by atoms with Crippen LogP contribution in [0.2, 0.25) is 0 Å². The van der Waals surface area contributed by atoms with E-state index in [9.17, 15) is 8.78 Å². The van der Waals surface area contributed by atoms with Crippen molar-refractivity contribution in [2.24, 2.45) is 5.10 Å². The van der Waals surface area contributed by atoms with E-state index in [0.29, 0.717) is 10.8 Å². The van der Waals surface area contributed by atoms with Crippen LogP contribution in [0.25, 0.3) is 0 Å². The molecule has 0 spiro atoms. The van der Waals surface area contributed by atoms with E-state index in [0.717, 1.165) is 24.9 Å². The molecular weight excluding hydrogens is 296 g/mol. The van der Waals surface area contributed by atoms with Crippen LogP contribution in [0.3, 0.4) is 0 Å². The fourth-order valence-corrected chi connectivity index (χ4v) is 1.64. The van der Waals surface area contributed by atoms with Crippen LogP contribution in [0.5, 0.6) is 5.75 Å². The normalized spacial score (nSPS) is 11.4. The maximum Gasteiger partial charge on any atom is 0.387 e. The third-order valence-corrected chi connectivity index (χ3v) is 2.87. The Kier molecular flexibility index (Phi) is 7.60. The Morgan fingerprint density at radius 3 is 2.57 bits per heavy atom. The summed E-state index contributed by atoms with van der Waals surface area (Å²) in [6.07, 6.45) is 2.13. The highest BCUT2D eigenvalue weighted by molar-refractivity contribution is 7.80. The van der Waals surface area contributed by atoms with Crippen molar-refractivity contribution in [3.05, 3.63) is 29.8 Å². The number of hydrogen-bond acceptors (Lipinski definition) is 3. The second-order valence-corrected chi connectivity index (χ2v) is 4.73. The lowest BCUT2D eigenvalue weighted by Gasteiger charge is -2.08. The van der Waals surface area contributed by atoms with E-state index in [2.05, 4.69) is 27.5 Å². The maximum atomic E-state index is 12.0. The van der Waals surface area contributed by atoms with Gasteiger partial charge in [-0.3, -0.25) is 5.43 Å². The van der Waals surface area contributed by atoms with Gasteiger partial charge in [0, 0.05) is 6.54 Å². The van der Waals surface area contributed by atoms with Gasteiger partial charge in [0.05, 0.1) is 5.71 Å². The second-order valence-electron chi connectivity index (χ2n) is 4.32. The van der Waals surface area contributed by atoms with Gasteiger partial charge < -0.3 is 10.1 Å². The van der Waals surface area contributed by atoms with E-state index in [1.165, 1.54) is 12.1 Å². The Hall–Kier alpha value is -1.76. The van der Waals surface area contributed by atoms with Crippen molar-refractivity contribution in [1.29, 1.82) is 0 Å². The van der Waals surface area contributed by atoms with E-state index >= 15 is 0 Å². The van der Waals surface area contributed by atoms with E-state index < -0.39 is 6.61 Å². The molecule has 1 rings (SSSR count). The van der Waals surface area contributed by atoms with Crippen molar-refractivity contribution in [2.75, 3.05) is 6.54 Å². The summed E-state index contributed by atoms with van der Waals surface area (Å²) in [5.41, 5.74) is 4.23. The Labute approximate surface area is 128 Å². The van der Waals surface area contributed by atoms with Gasteiger partial charge in [0.25, 0.3) is 0 Å². The summed E-state index contributed by atoms with van der Waals surface area (Å²) >= 11 is 5.07. The van der Waals surface area contributed by atoms with Crippen LogP contribution in [0.15, 0.2) is 29.4 Å². The first-order valence-electron chi connectivity index (χ1n) is 6.66. The van der Waals surface area contributed by atoms with Crippen LogP contribution < -0.4 is 15.5 Å². The number of hydrazone groups is 1. The predicted octanol–water partition coefficient (Wildman–Crippen LogP) is 3.28. The Morgan fingerprint density at radius 2 is 2.00 bits per heavy atom. The highest BCUT2D eigenvalue weighted by Crippen LogP contribution is 2.15. The van der Waals surface area contributed by atoms with Crippen LogP contribution in [-0.4, -0.2) is 24.0 Å².